The normalized spacial score (nSPS) is 16.7. The summed E-state index contributed by atoms with van der Waals surface area (Å²) in [6, 6.07) is 4.76. The highest BCUT2D eigenvalue weighted by molar-refractivity contribution is 6.31. The molecule has 1 saturated carbocycles. The van der Waals surface area contributed by atoms with E-state index >= 15 is 0 Å². The third-order valence-corrected chi connectivity index (χ3v) is 4.71. The van der Waals surface area contributed by atoms with Gasteiger partial charge in [-0.1, -0.05) is 23.4 Å². The Balaban J connectivity index is 0.000000628. The molecule has 0 radical (unpaired) electrons. The molecule has 2 aliphatic rings. The number of amides is 1. The zero-order valence-corrected chi connectivity index (χ0v) is 17.0. The number of ether oxygens (including phenoxy) is 2. The average molecular weight is 456 g/mol. The molecule has 1 atom stereocenters. The molecule has 11 heteroatoms. The van der Waals surface area contributed by atoms with Crippen molar-refractivity contribution in [3.63, 3.8) is 0 Å². The van der Waals surface area contributed by atoms with E-state index in [4.69, 9.17) is 21.1 Å². The molecule has 1 amide bonds. The predicted octanol–water partition coefficient (Wildman–Crippen LogP) is 4.15. The number of halogens is 4. The van der Waals surface area contributed by atoms with Gasteiger partial charge in [0, 0.05) is 16.5 Å². The number of anilines is 1. The Morgan fingerprint density at radius 2 is 2.00 bits per heavy atom. The molecule has 2 heterocycles. The van der Waals surface area contributed by atoms with Crippen LogP contribution in [0.3, 0.4) is 0 Å². The van der Waals surface area contributed by atoms with E-state index in [0.717, 1.165) is 12.8 Å². The predicted molar refractivity (Wildman–Crippen MR) is 106 cm³/mol. The van der Waals surface area contributed by atoms with Gasteiger partial charge in [-0.3, -0.25) is 14.7 Å². The Morgan fingerprint density at radius 1 is 1.29 bits per heavy atom. The summed E-state index contributed by atoms with van der Waals surface area (Å²) in [6.07, 6.45) is 2.36. The molecule has 164 valence electrons. The molecule has 1 aromatic carbocycles. The van der Waals surface area contributed by atoms with E-state index in [-0.39, 0.29) is 18.0 Å². The van der Waals surface area contributed by atoms with Crippen LogP contribution in [0.5, 0.6) is 5.88 Å². The number of methoxy groups -OCH3 is 1. The standard InChI is InChI=1S/C19H16ClN3O4.CHF3/c1-26-17-8-18(24)23(10-21-17)9-12-6-15-13(7-14(12)20)16(27-19(25)22-15)5-4-11-2-3-11;2-1(3)4/h6-8,10-11,16H,2-3,9H2,1H3,(H,22,25);1H/t16-;/m0./s1. The number of cyclic esters (lactones) is 1. The summed E-state index contributed by atoms with van der Waals surface area (Å²) in [7, 11) is 1.44. The third-order valence-electron chi connectivity index (χ3n) is 4.36. The van der Waals surface area contributed by atoms with Crippen molar-refractivity contribution in [3.05, 3.63) is 51.0 Å². The van der Waals surface area contributed by atoms with Gasteiger partial charge in [0.2, 0.25) is 5.88 Å². The quantitative estimate of drug-likeness (QED) is 0.703. The molecule has 1 fully saturated rings. The van der Waals surface area contributed by atoms with E-state index in [9.17, 15) is 22.8 Å². The summed E-state index contributed by atoms with van der Waals surface area (Å²) < 4.78 is 40.6. The van der Waals surface area contributed by atoms with Crippen molar-refractivity contribution in [1.82, 2.24) is 9.55 Å². The number of rotatable bonds is 3. The number of carbonyl (C=O) groups excluding carboxylic acids is 1. The average Bonchev–Trinajstić information content (AvgIpc) is 3.52. The lowest BCUT2D eigenvalue weighted by Crippen LogP contribution is -2.25. The summed E-state index contributed by atoms with van der Waals surface area (Å²) in [6.45, 7) is -3.46. The molecule has 0 bridgehead atoms. The minimum Gasteiger partial charge on any atom is -0.481 e. The Labute approximate surface area is 180 Å². The fourth-order valence-corrected chi connectivity index (χ4v) is 2.97. The molecule has 1 aromatic heterocycles. The van der Waals surface area contributed by atoms with Crippen LogP contribution in [-0.4, -0.2) is 29.4 Å². The van der Waals surface area contributed by atoms with Gasteiger partial charge in [0.05, 0.1) is 25.4 Å². The lowest BCUT2D eigenvalue weighted by molar-refractivity contribution is 0.00818. The molecule has 1 aliphatic carbocycles. The van der Waals surface area contributed by atoms with Crippen LogP contribution in [-0.2, 0) is 11.3 Å². The van der Waals surface area contributed by atoms with Crippen molar-refractivity contribution < 1.29 is 27.4 Å². The number of hydrogen-bond donors (Lipinski definition) is 1. The van der Waals surface area contributed by atoms with E-state index in [0.29, 0.717) is 27.8 Å². The van der Waals surface area contributed by atoms with Crippen LogP contribution in [0.15, 0.2) is 29.3 Å². The largest absolute Gasteiger partial charge is 0.481 e. The van der Waals surface area contributed by atoms with Crippen molar-refractivity contribution in [1.29, 1.82) is 0 Å². The molecule has 1 aliphatic heterocycles. The Hall–Kier alpha value is -3.19. The van der Waals surface area contributed by atoms with Crippen LogP contribution in [0.4, 0.5) is 23.7 Å². The van der Waals surface area contributed by atoms with Crippen molar-refractivity contribution in [2.45, 2.75) is 32.2 Å². The maximum atomic E-state index is 12.2. The minimum atomic E-state index is -3.67. The Bertz CT molecular complexity index is 1090. The van der Waals surface area contributed by atoms with Crippen LogP contribution in [0.2, 0.25) is 5.02 Å². The molecule has 0 saturated heterocycles. The van der Waals surface area contributed by atoms with Gasteiger partial charge >= 0.3 is 12.8 Å². The highest BCUT2D eigenvalue weighted by atomic mass is 35.5. The second-order valence-corrected chi connectivity index (χ2v) is 7.06. The molecule has 4 rings (SSSR count). The van der Waals surface area contributed by atoms with Crippen molar-refractivity contribution >= 4 is 23.4 Å². The van der Waals surface area contributed by atoms with Gasteiger partial charge in [-0.2, -0.15) is 13.2 Å². The van der Waals surface area contributed by atoms with Gasteiger partial charge < -0.3 is 9.47 Å². The number of nitrogens with one attached hydrogen (secondary N) is 1. The van der Waals surface area contributed by atoms with E-state index in [1.807, 2.05) is 0 Å². The smallest absolute Gasteiger partial charge is 0.413 e. The lowest BCUT2D eigenvalue weighted by atomic mass is 10.0. The van der Waals surface area contributed by atoms with E-state index in [2.05, 4.69) is 22.1 Å². The third kappa shape index (κ3) is 6.15. The van der Waals surface area contributed by atoms with Gasteiger partial charge in [-0.05, 0) is 30.5 Å². The van der Waals surface area contributed by atoms with Gasteiger partial charge in [-0.15, -0.1) is 0 Å². The molecule has 0 spiro atoms. The zero-order valence-electron chi connectivity index (χ0n) is 16.2. The highest BCUT2D eigenvalue weighted by Crippen LogP contribution is 2.36. The first kappa shape index (κ1) is 22.5. The second kappa shape index (κ2) is 9.75. The molecule has 0 unspecified atom stereocenters. The second-order valence-electron chi connectivity index (χ2n) is 6.65. The van der Waals surface area contributed by atoms with Gasteiger partial charge in [0.15, 0.2) is 6.10 Å². The van der Waals surface area contributed by atoms with E-state index in [1.165, 1.54) is 24.1 Å². The van der Waals surface area contributed by atoms with E-state index < -0.39 is 18.9 Å². The fourth-order valence-electron chi connectivity index (χ4n) is 2.74. The zero-order chi connectivity index (χ0) is 22.5. The van der Waals surface area contributed by atoms with Gasteiger partial charge in [0.25, 0.3) is 5.56 Å². The first-order valence-electron chi connectivity index (χ1n) is 9.10. The molecule has 1 N–H and O–H groups in total. The van der Waals surface area contributed by atoms with Gasteiger partial charge in [0.1, 0.15) is 6.33 Å². The van der Waals surface area contributed by atoms with Crippen LogP contribution in [0.25, 0.3) is 0 Å². The van der Waals surface area contributed by atoms with Crippen LogP contribution in [0.1, 0.15) is 30.1 Å². The van der Waals surface area contributed by atoms with Crippen molar-refractivity contribution in [2.24, 2.45) is 5.92 Å². The Kier molecular flexibility index (Phi) is 7.07. The first-order valence-corrected chi connectivity index (χ1v) is 9.48. The number of nitrogens with zero attached hydrogens (tertiary/aromatic N) is 2. The number of fused-ring (bicyclic) bond motifs is 1. The van der Waals surface area contributed by atoms with Crippen LogP contribution in [0, 0.1) is 17.8 Å². The summed E-state index contributed by atoms with van der Waals surface area (Å²) in [5.74, 6) is 6.77. The molecular weight excluding hydrogens is 439 g/mol. The summed E-state index contributed by atoms with van der Waals surface area (Å²) in [4.78, 5) is 28.0. The minimum absolute atomic E-state index is 0.205. The summed E-state index contributed by atoms with van der Waals surface area (Å²) in [5.41, 5.74) is 1.68. The molecule has 2 aromatic rings. The maximum absolute atomic E-state index is 12.2. The lowest BCUT2D eigenvalue weighted by Gasteiger charge is -2.24. The Morgan fingerprint density at radius 3 is 2.61 bits per heavy atom. The summed E-state index contributed by atoms with van der Waals surface area (Å²) >= 11 is 6.42. The number of hydrogen-bond acceptors (Lipinski definition) is 5. The molecular formula is C20H17ClF3N3O4. The number of aromatic nitrogens is 2. The number of alkyl halides is 3. The maximum Gasteiger partial charge on any atom is 0.413 e. The van der Waals surface area contributed by atoms with Crippen LogP contribution < -0.4 is 15.6 Å². The van der Waals surface area contributed by atoms with Crippen molar-refractivity contribution in [2.75, 3.05) is 12.4 Å². The highest BCUT2D eigenvalue weighted by Gasteiger charge is 2.27. The first-order chi connectivity index (χ1) is 14.8. The number of benzene rings is 1. The van der Waals surface area contributed by atoms with Crippen LogP contribution >= 0.6 is 11.6 Å². The molecule has 31 heavy (non-hydrogen) atoms. The van der Waals surface area contributed by atoms with Gasteiger partial charge in [-0.25, -0.2) is 9.78 Å². The fraction of sp³-hybridized carbons (Fsp3) is 0.350. The monoisotopic (exact) mass is 455 g/mol. The SMILES string of the molecule is COc1cc(=O)n(Cc2cc3c(cc2Cl)[C@H](C#CC2CC2)OC(=O)N3)cn1.FC(F)F. The molecule has 7 nitrogen and oxygen atoms in total. The topological polar surface area (TPSA) is 82.5 Å². The summed E-state index contributed by atoms with van der Waals surface area (Å²) in [5, 5.41) is 3.12. The van der Waals surface area contributed by atoms with E-state index in [1.54, 1.807) is 12.1 Å². The van der Waals surface area contributed by atoms with Crippen molar-refractivity contribution in [3.8, 4) is 17.7 Å². The number of carbonyl (C=O) groups is 1.